The molecule has 17 heavy (non-hydrogen) atoms. The van der Waals surface area contributed by atoms with E-state index in [0.29, 0.717) is 0 Å². The Morgan fingerprint density at radius 3 is 2.12 bits per heavy atom. The van der Waals surface area contributed by atoms with Crippen molar-refractivity contribution in [2.24, 2.45) is 0 Å². The lowest BCUT2D eigenvalue weighted by atomic mass is 10.2. The van der Waals surface area contributed by atoms with Crippen LogP contribution in [0, 0.1) is 23.3 Å². The molecule has 0 spiro atoms. The molecule has 0 heterocycles. The average molecular weight is 249 g/mol. The molecular weight excluding hydrogens is 242 g/mol. The minimum atomic E-state index is -1.62. The van der Waals surface area contributed by atoms with Crippen molar-refractivity contribution in [2.45, 2.75) is 0 Å². The molecule has 0 atom stereocenters. The summed E-state index contributed by atoms with van der Waals surface area (Å²) < 4.78 is 51.6. The summed E-state index contributed by atoms with van der Waals surface area (Å²) in [7, 11) is 0. The van der Waals surface area contributed by atoms with E-state index in [0.717, 1.165) is 0 Å². The summed E-state index contributed by atoms with van der Waals surface area (Å²) in [6.07, 6.45) is 0. The average Bonchev–Trinajstić information content (AvgIpc) is 2.26. The Morgan fingerprint density at radius 2 is 1.71 bits per heavy atom. The summed E-state index contributed by atoms with van der Waals surface area (Å²) in [6, 6.07) is 0.0574. The Hall–Kier alpha value is -2.05. The Bertz CT molecular complexity index is 461. The Kier molecular flexibility index (Phi) is 3.72. The van der Waals surface area contributed by atoms with E-state index in [-0.39, 0.29) is 6.07 Å². The number of carbonyl (C=O) groups is 1. The molecule has 1 rings (SSSR count). The Morgan fingerprint density at radius 1 is 1.24 bits per heavy atom. The maximum atomic E-state index is 13.1. The lowest BCUT2D eigenvalue weighted by Gasteiger charge is -2.09. The third-order valence-electron chi connectivity index (χ3n) is 1.89. The first kappa shape index (κ1) is 13.0. The molecule has 92 valence electrons. The fourth-order valence-electron chi connectivity index (χ4n) is 0.999. The number of aliphatic carboxylic acids is 1. The number of hydrogen-bond acceptors (Lipinski definition) is 2. The molecule has 0 aliphatic rings. The summed E-state index contributed by atoms with van der Waals surface area (Å²) in [5, 5.41) is 10.4. The minimum Gasteiger partial charge on any atom is -0.478 e. The molecule has 0 aliphatic carbocycles. The second-order valence-electron chi connectivity index (χ2n) is 3.11. The van der Waals surface area contributed by atoms with Gasteiger partial charge in [0.2, 0.25) is 0 Å². The molecule has 1 aromatic carbocycles. The molecule has 0 amide bonds. The van der Waals surface area contributed by atoms with Crippen molar-refractivity contribution >= 4 is 11.7 Å². The van der Waals surface area contributed by atoms with Crippen LogP contribution in [0.2, 0.25) is 0 Å². The van der Waals surface area contributed by atoms with E-state index >= 15 is 0 Å². The highest BCUT2D eigenvalue weighted by molar-refractivity contribution is 5.86. The first-order valence-corrected chi connectivity index (χ1v) is 4.32. The van der Waals surface area contributed by atoms with Crippen molar-refractivity contribution in [2.75, 3.05) is 11.9 Å². The minimum absolute atomic E-state index is 0.0574. The quantitative estimate of drug-likeness (QED) is 0.489. The number of carboxylic acid groups (broad SMARTS) is 1. The van der Waals surface area contributed by atoms with Crippen LogP contribution in [-0.4, -0.2) is 17.6 Å². The van der Waals surface area contributed by atoms with E-state index in [4.69, 9.17) is 5.11 Å². The van der Waals surface area contributed by atoms with Crippen molar-refractivity contribution in [1.29, 1.82) is 0 Å². The highest BCUT2D eigenvalue weighted by atomic mass is 19.2. The number of carboxylic acids is 1. The van der Waals surface area contributed by atoms with Gasteiger partial charge in [-0.1, -0.05) is 6.58 Å². The molecule has 0 unspecified atom stereocenters. The van der Waals surface area contributed by atoms with Crippen molar-refractivity contribution in [1.82, 2.24) is 0 Å². The normalized spacial score (nSPS) is 10.1. The van der Waals surface area contributed by atoms with Crippen LogP contribution >= 0.6 is 0 Å². The summed E-state index contributed by atoms with van der Waals surface area (Å²) in [5.74, 6) is -7.79. The van der Waals surface area contributed by atoms with Gasteiger partial charge in [-0.3, -0.25) is 0 Å². The molecule has 0 bridgehead atoms. The van der Waals surface area contributed by atoms with E-state index in [1.807, 2.05) is 5.32 Å². The maximum Gasteiger partial charge on any atom is 0.332 e. The fourth-order valence-corrected chi connectivity index (χ4v) is 0.999. The number of halogens is 4. The maximum absolute atomic E-state index is 13.1. The van der Waals surface area contributed by atoms with Crippen molar-refractivity contribution < 1.29 is 27.5 Å². The molecular formula is C10H7F4NO2. The van der Waals surface area contributed by atoms with Gasteiger partial charge in [0, 0.05) is 18.2 Å². The first-order valence-electron chi connectivity index (χ1n) is 4.32. The van der Waals surface area contributed by atoms with Gasteiger partial charge in [-0.25, -0.2) is 22.4 Å². The van der Waals surface area contributed by atoms with Gasteiger partial charge < -0.3 is 10.4 Å². The van der Waals surface area contributed by atoms with E-state index in [2.05, 4.69) is 6.58 Å². The predicted molar refractivity (Wildman–Crippen MR) is 51.5 cm³/mol. The second-order valence-corrected chi connectivity index (χ2v) is 3.11. The van der Waals surface area contributed by atoms with E-state index < -0.39 is 47.0 Å². The summed E-state index contributed by atoms with van der Waals surface area (Å²) >= 11 is 0. The molecule has 0 saturated heterocycles. The van der Waals surface area contributed by atoms with Gasteiger partial charge in [0.05, 0.1) is 0 Å². The smallest absolute Gasteiger partial charge is 0.332 e. The number of benzene rings is 1. The van der Waals surface area contributed by atoms with Crippen LogP contribution in [0.15, 0.2) is 18.2 Å². The third kappa shape index (κ3) is 2.74. The van der Waals surface area contributed by atoms with Gasteiger partial charge in [0.15, 0.2) is 23.3 Å². The van der Waals surface area contributed by atoms with E-state index in [9.17, 15) is 22.4 Å². The van der Waals surface area contributed by atoms with E-state index in [1.165, 1.54) is 0 Å². The summed E-state index contributed by atoms with van der Waals surface area (Å²) in [6.45, 7) is 2.53. The van der Waals surface area contributed by atoms with Crippen LogP contribution in [0.5, 0.6) is 0 Å². The highest BCUT2D eigenvalue weighted by Gasteiger charge is 2.19. The van der Waals surface area contributed by atoms with Gasteiger partial charge >= 0.3 is 5.97 Å². The molecule has 0 saturated carbocycles. The Labute approximate surface area is 93.4 Å². The predicted octanol–water partition coefficient (Wildman–Crippen LogP) is 2.30. The largest absolute Gasteiger partial charge is 0.478 e. The number of nitrogens with one attached hydrogen (secondary N) is 1. The highest BCUT2D eigenvalue weighted by Crippen LogP contribution is 2.24. The fraction of sp³-hybridized carbons (Fsp3) is 0.100. The number of hydrogen-bond donors (Lipinski definition) is 2. The molecule has 0 aromatic heterocycles. The summed E-state index contributed by atoms with van der Waals surface area (Å²) in [5.41, 5.74) is -1.47. The van der Waals surface area contributed by atoms with Crippen LogP contribution in [-0.2, 0) is 4.79 Å². The van der Waals surface area contributed by atoms with Gasteiger partial charge in [-0.2, -0.15) is 0 Å². The van der Waals surface area contributed by atoms with Crippen molar-refractivity contribution in [3.63, 3.8) is 0 Å². The monoisotopic (exact) mass is 249 g/mol. The van der Waals surface area contributed by atoms with Crippen LogP contribution in [0.1, 0.15) is 0 Å². The van der Waals surface area contributed by atoms with Crippen LogP contribution in [0.25, 0.3) is 0 Å². The standard InChI is InChI=1S/C10H7F4NO2/c1-4(10(16)17)3-15-9-7(13)5(11)2-6(12)8(9)14/h2,15H,1,3H2,(H,16,17). The van der Waals surface area contributed by atoms with Gasteiger partial charge in [0.1, 0.15) is 5.69 Å². The van der Waals surface area contributed by atoms with Gasteiger partial charge in [0.25, 0.3) is 0 Å². The molecule has 3 nitrogen and oxygen atoms in total. The Balaban J connectivity index is 2.99. The number of rotatable bonds is 4. The zero-order valence-electron chi connectivity index (χ0n) is 8.36. The van der Waals surface area contributed by atoms with Gasteiger partial charge in [-0.05, 0) is 0 Å². The van der Waals surface area contributed by atoms with Crippen LogP contribution in [0.4, 0.5) is 23.2 Å². The molecule has 0 aliphatic heterocycles. The molecule has 1 aromatic rings. The van der Waals surface area contributed by atoms with Crippen molar-refractivity contribution in [3.05, 3.63) is 41.5 Å². The third-order valence-corrected chi connectivity index (χ3v) is 1.89. The van der Waals surface area contributed by atoms with Crippen molar-refractivity contribution in [3.8, 4) is 0 Å². The first-order chi connectivity index (χ1) is 7.84. The lowest BCUT2D eigenvalue weighted by molar-refractivity contribution is -0.132. The molecule has 0 radical (unpaired) electrons. The van der Waals surface area contributed by atoms with Crippen LogP contribution in [0.3, 0.4) is 0 Å². The summed E-state index contributed by atoms with van der Waals surface area (Å²) in [4.78, 5) is 10.3. The molecule has 2 N–H and O–H groups in total. The van der Waals surface area contributed by atoms with E-state index in [1.54, 1.807) is 0 Å². The van der Waals surface area contributed by atoms with Gasteiger partial charge in [-0.15, -0.1) is 0 Å². The lowest BCUT2D eigenvalue weighted by Crippen LogP contribution is -2.14. The topological polar surface area (TPSA) is 49.3 Å². The van der Waals surface area contributed by atoms with Crippen LogP contribution < -0.4 is 5.32 Å². The number of anilines is 1. The second kappa shape index (κ2) is 4.86. The zero-order valence-corrected chi connectivity index (χ0v) is 8.36. The SMILES string of the molecule is C=C(CNc1c(F)c(F)cc(F)c1F)C(=O)O. The zero-order chi connectivity index (χ0) is 13.2. The molecule has 7 heteroatoms. The molecule has 0 fully saturated rings.